The van der Waals surface area contributed by atoms with Crippen LogP contribution in [0.5, 0.6) is 0 Å². The topological polar surface area (TPSA) is 40.5 Å². The van der Waals surface area contributed by atoms with E-state index in [0.29, 0.717) is 12.5 Å². The first kappa shape index (κ1) is 12.2. The standard InChI is InChI=1S/C13H16ClNO2/c1-9-6-10-4-2-3-5-12(10)15(7-9)8-11(14)13(16)17/h2-5,9,11H,6-8H2,1H3,(H,16,17). The van der Waals surface area contributed by atoms with Crippen LogP contribution in [0.4, 0.5) is 5.69 Å². The number of hydrogen-bond acceptors (Lipinski definition) is 2. The van der Waals surface area contributed by atoms with E-state index < -0.39 is 11.3 Å². The van der Waals surface area contributed by atoms with Gasteiger partial charge in [-0.3, -0.25) is 4.79 Å². The Bertz CT molecular complexity index is 422. The number of nitrogens with zero attached hydrogens (tertiary/aromatic N) is 1. The van der Waals surface area contributed by atoms with Gasteiger partial charge in [0.05, 0.1) is 0 Å². The van der Waals surface area contributed by atoms with Gasteiger partial charge in [-0.15, -0.1) is 11.6 Å². The maximum Gasteiger partial charge on any atom is 0.323 e. The fourth-order valence-electron chi connectivity index (χ4n) is 2.35. The Kier molecular flexibility index (Phi) is 3.57. The van der Waals surface area contributed by atoms with E-state index in [2.05, 4.69) is 17.9 Å². The number of carboxylic acids is 1. The van der Waals surface area contributed by atoms with Crippen LogP contribution in [0.2, 0.25) is 0 Å². The molecule has 92 valence electrons. The first-order valence-electron chi connectivity index (χ1n) is 5.77. The molecule has 1 aliphatic heterocycles. The van der Waals surface area contributed by atoms with E-state index >= 15 is 0 Å². The Hall–Kier alpha value is -1.22. The molecule has 4 heteroatoms. The van der Waals surface area contributed by atoms with Gasteiger partial charge in [0.25, 0.3) is 0 Å². The van der Waals surface area contributed by atoms with Gasteiger partial charge in [-0.2, -0.15) is 0 Å². The van der Waals surface area contributed by atoms with Crippen molar-refractivity contribution in [2.45, 2.75) is 18.7 Å². The van der Waals surface area contributed by atoms with Gasteiger partial charge >= 0.3 is 5.97 Å². The third-order valence-corrected chi connectivity index (χ3v) is 3.41. The number of alkyl halides is 1. The number of carboxylic acid groups (broad SMARTS) is 1. The molecule has 1 heterocycles. The number of benzene rings is 1. The Labute approximate surface area is 106 Å². The predicted octanol–water partition coefficient (Wildman–Crippen LogP) is 2.38. The van der Waals surface area contributed by atoms with Crippen molar-refractivity contribution in [2.75, 3.05) is 18.0 Å². The van der Waals surface area contributed by atoms with Gasteiger partial charge in [0.15, 0.2) is 0 Å². The number of carbonyl (C=O) groups is 1. The summed E-state index contributed by atoms with van der Waals surface area (Å²) in [5.41, 5.74) is 2.40. The number of para-hydroxylation sites is 1. The second-order valence-electron chi connectivity index (χ2n) is 4.65. The number of rotatable bonds is 3. The minimum absolute atomic E-state index is 0.359. The van der Waals surface area contributed by atoms with Crippen molar-refractivity contribution in [1.82, 2.24) is 0 Å². The zero-order valence-corrected chi connectivity index (χ0v) is 10.5. The summed E-state index contributed by atoms with van der Waals surface area (Å²) in [7, 11) is 0. The molecule has 0 aliphatic carbocycles. The Balaban J connectivity index is 2.21. The summed E-state index contributed by atoms with van der Waals surface area (Å²) in [6, 6.07) is 8.13. The van der Waals surface area contributed by atoms with Crippen molar-refractivity contribution >= 4 is 23.3 Å². The molecule has 1 aliphatic rings. The monoisotopic (exact) mass is 253 g/mol. The zero-order valence-electron chi connectivity index (χ0n) is 9.77. The summed E-state index contributed by atoms with van der Waals surface area (Å²) in [5.74, 6) is -0.426. The third kappa shape index (κ3) is 2.72. The first-order valence-corrected chi connectivity index (χ1v) is 6.21. The minimum atomic E-state index is -0.956. The first-order chi connectivity index (χ1) is 8.08. The van der Waals surface area contributed by atoms with Crippen LogP contribution in [-0.2, 0) is 11.2 Å². The van der Waals surface area contributed by atoms with E-state index in [1.54, 1.807) is 0 Å². The summed E-state index contributed by atoms with van der Waals surface area (Å²) in [6.07, 6.45) is 1.05. The fourth-order valence-corrected chi connectivity index (χ4v) is 2.52. The molecule has 1 aromatic carbocycles. The van der Waals surface area contributed by atoms with Gasteiger partial charge in [-0.1, -0.05) is 25.1 Å². The quantitative estimate of drug-likeness (QED) is 0.841. The van der Waals surface area contributed by atoms with Gasteiger partial charge < -0.3 is 10.0 Å². The van der Waals surface area contributed by atoms with Crippen LogP contribution >= 0.6 is 11.6 Å². The molecule has 2 unspecified atom stereocenters. The number of fused-ring (bicyclic) bond motifs is 1. The Morgan fingerprint density at radius 2 is 2.29 bits per heavy atom. The van der Waals surface area contributed by atoms with Crippen molar-refractivity contribution in [3.05, 3.63) is 29.8 Å². The van der Waals surface area contributed by atoms with Crippen molar-refractivity contribution in [3.63, 3.8) is 0 Å². The molecule has 2 rings (SSSR count). The average Bonchev–Trinajstić information content (AvgIpc) is 2.28. The molecular weight excluding hydrogens is 238 g/mol. The van der Waals surface area contributed by atoms with Gasteiger partial charge in [0.1, 0.15) is 5.38 Å². The highest BCUT2D eigenvalue weighted by molar-refractivity contribution is 6.30. The second-order valence-corrected chi connectivity index (χ2v) is 5.18. The fraction of sp³-hybridized carbons (Fsp3) is 0.462. The smallest absolute Gasteiger partial charge is 0.323 e. The van der Waals surface area contributed by atoms with Crippen molar-refractivity contribution in [3.8, 4) is 0 Å². The number of aliphatic carboxylic acids is 1. The van der Waals surface area contributed by atoms with Crippen LogP contribution < -0.4 is 4.90 Å². The highest BCUT2D eigenvalue weighted by Crippen LogP contribution is 2.29. The summed E-state index contributed by atoms with van der Waals surface area (Å²) >= 11 is 5.82. The minimum Gasteiger partial charge on any atom is -0.480 e. The van der Waals surface area contributed by atoms with Crippen LogP contribution in [0.3, 0.4) is 0 Å². The third-order valence-electron chi connectivity index (χ3n) is 3.08. The maximum absolute atomic E-state index is 10.8. The highest BCUT2D eigenvalue weighted by Gasteiger charge is 2.25. The van der Waals surface area contributed by atoms with Crippen LogP contribution in [0, 0.1) is 5.92 Å². The van der Waals surface area contributed by atoms with E-state index in [1.807, 2.05) is 18.2 Å². The van der Waals surface area contributed by atoms with E-state index in [0.717, 1.165) is 18.7 Å². The highest BCUT2D eigenvalue weighted by atomic mass is 35.5. The molecule has 0 fully saturated rings. The molecule has 0 radical (unpaired) electrons. The zero-order chi connectivity index (χ0) is 12.4. The van der Waals surface area contributed by atoms with Gasteiger partial charge in [0.2, 0.25) is 0 Å². The molecule has 0 spiro atoms. The van der Waals surface area contributed by atoms with Crippen LogP contribution in [0.25, 0.3) is 0 Å². The lowest BCUT2D eigenvalue weighted by Crippen LogP contribution is -2.40. The van der Waals surface area contributed by atoms with Crippen molar-refractivity contribution in [2.24, 2.45) is 5.92 Å². The molecule has 0 bridgehead atoms. The summed E-state index contributed by atoms with van der Waals surface area (Å²) in [6.45, 7) is 3.40. The normalized spacial score (nSPS) is 20.8. The summed E-state index contributed by atoms with van der Waals surface area (Å²) < 4.78 is 0. The molecule has 1 aromatic rings. The molecule has 1 N–H and O–H groups in total. The summed E-state index contributed by atoms with van der Waals surface area (Å²) in [4.78, 5) is 12.9. The predicted molar refractivity (Wildman–Crippen MR) is 68.8 cm³/mol. The van der Waals surface area contributed by atoms with Gasteiger partial charge in [0, 0.05) is 18.8 Å². The van der Waals surface area contributed by atoms with Gasteiger partial charge in [-0.05, 0) is 24.0 Å². The second kappa shape index (κ2) is 4.96. The number of hydrogen-bond donors (Lipinski definition) is 1. The average molecular weight is 254 g/mol. The lowest BCUT2D eigenvalue weighted by molar-refractivity contribution is -0.136. The van der Waals surface area contributed by atoms with Crippen LogP contribution in [0.1, 0.15) is 12.5 Å². The summed E-state index contributed by atoms with van der Waals surface area (Å²) in [5, 5.41) is 8.01. The molecule has 0 amide bonds. The molecule has 0 saturated heterocycles. The SMILES string of the molecule is CC1Cc2ccccc2N(CC(Cl)C(=O)O)C1. The molecule has 0 saturated carbocycles. The Morgan fingerprint density at radius 1 is 1.59 bits per heavy atom. The molecule has 0 aromatic heterocycles. The molecule has 17 heavy (non-hydrogen) atoms. The number of anilines is 1. The lowest BCUT2D eigenvalue weighted by atomic mass is 9.94. The van der Waals surface area contributed by atoms with E-state index in [9.17, 15) is 4.79 Å². The van der Waals surface area contributed by atoms with Gasteiger partial charge in [-0.25, -0.2) is 0 Å². The van der Waals surface area contributed by atoms with Crippen molar-refractivity contribution in [1.29, 1.82) is 0 Å². The molecule has 2 atom stereocenters. The maximum atomic E-state index is 10.8. The number of halogens is 1. The van der Waals surface area contributed by atoms with Crippen LogP contribution in [0.15, 0.2) is 24.3 Å². The lowest BCUT2D eigenvalue weighted by Gasteiger charge is -2.35. The van der Waals surface area contributed by atoms with E-state index in [1.165, 1.54) is 5.56 Å². The van der Waals surface area contributed by atoms with E-state index in [-0.39, 0.29) is 0 Å². The Morgan fingerprint density at radius 3 is 3.00 bits per heavy atom. The van der Waals surface area contributed by atoms with Crippen molar-refractivity contribution < 1.29 is 9.90 Å². The van der Waals surface area contributed by atoms with E-state index in [4.69, 9.17) is 16.7 Å². The molecular formula is C13H16ClNO2. The molecule has 3 nitrogen and oxygen atoms in total. The van der Waals surface area contributed by atoms with Crippen LogP contribution in [-0.4, -0.2) is 29.5 Å². The largest absolute Gasteiger partial charge is 0.480 e.